The predicted octanol–water partition coefficient (Wildman–Crippen LogP) is 3.06. The molecule has 0 atom stereocenters. The Balaban J connectivity index is 2.25. The van der Waals surface area contributed by atoms with Gasteiger partial charge in [0.15, 0.2) is 0 Å². The van der Waals surface area contributed by atoms with Crippen LogP contribution in [0.3, 0.4) is 0 Å². The fourth-order valence-corrected chi connectivity index (χ4v) is 1.93. The molecule has 16 heavy (non-hydrogen) atoms. The Hall–Kier alpha value is -1.94. The minimum atomic E-state index is 0.311. The molecule has 0 spiro atoms. The molecule has 0 amide bonds. The van der Waals surface area contributed by atoms with Gasteiger partial charge in [0.05, 0.1) is 16.8 Å². The monoisotopic (exact) mass is 233 g/mol. The highest BCUT2D eigenvalue weighted by molar-refractivity contribution is 6.35. The number of nitrogens with two attached hydrogens (primary N) is 1. The molecule has 0 radical (unpaired) electrons. The Morgan fingerprint density at radius 1 is 1.38 bits per heavy atom. The van der Waals surface area contributed by atoms with Gasteiger partial charge in [0, 0.05) is 17.1 Å². The Morgan fingerprint density at radius 2 is 2.25 bits per heavy atom. The summed E-state index contributed by atoms with van der Waals surface area (Å²) in [4.78, 5) is 3.07. The first-order valence-electron chi connectivity index (χ1n) is 4.73. The summed E-state index contributed by atoms with van der Waals surface area (Å²) in [6, 6.07) is 5.85. The summed E-state index contributed by atoms with van der Waals surface area (Å²) < 4.78 is 4.83. The number of H-pyrrole nitrogens is 1. The minimum Gasteiger partial charge on any atom is -0.367 e. The number of halogens is 1. The van der Waals surface area contributed by atoms with Gasteiger partial charge in [-0.2, -0.15) is 0 Å². The van der Waals surface area contributed by atoms with Gasteiger partial charge in [0.2, 0.25) is 5.88 Å². The topological polar surface area (TPSA) is 67.8 Å². The van der Waals surface area contributed by atoms with E-state index in [1.54, 1.807) is 12.4 Å². The van der Waals surface area contributed by atoms with Crippen LogP contribution in [0.2, 0.25) is 5.02 Å². The second-order valence-corrected chi connectivity index (χ2v) is 3.91. The Morgan fingerprint density at radius 3 is 3.00 bits per heavy atom. The highest BCUT2D eigenvalue weighted by Gasteiger charge is 2.09. The summed E-state index contributed by atoms with van der Waals surface area (Å²) in [6.07, 6.45) is 3.35. The molecule has 0 fully saturated rings. The molecule has 4 nitrogen and oxygen atoms in total. The van der Waals surface area contributed by atoms with Gasteiger partial charge in [-0.05, 0) is 17.7 Å². The SMILES string of the molecule is Nc1oncc1-c1ccc2[nH]cc(Cl)c2c1. The van der Waals surface area contributed by atoms with Gasteiger partial charge < -0.3 is 15.2 Å². The van der Waals surface area contributed by atoms with Crippen molar-refractivity contribution < 1.29 is 4.52 Å². The lowest BCUT2D eigenvalue weighted by Gasteiger charge is -1.98. The largest absolute Gasteiger partial charge is 0.367 e. The van der Waals surface area contributed by atoms with E-state index in [1.807, 2.05) is 18.2 Å². The number of fused-ring (bicyclic) bond motifs is 1. The van der Waals surface area contributed by atoms with Crippen LogP contribution in [-0.4, -0.2) is 10.1 Å². The maximum atomic E-state index is 6.04. The molecular formula is C11H8ClN3O. The molecule has 3 rings (SSSR count). The third-order valence-corrected chi connectivity index (χ3v) is 2.85. The first-order valence-corrected chi connectivity index (χ1v) is 5.10. The van der Waals surface area contributed by atoms with Gasteiger partial charge in [-0.15, -0.1) is 0 Å². The number of hydrogen-bond donors (Lipinski definition) is 2. The van der Waals surface area contributed by atoms with E-state index >= 15 is 0 Å². The second-order valence-electron chi connectivity index (χ2n) is 3.50. The van der Waals surface area contributed by atoms with Gasteiger partial charge in [0.1, 0.15) is 0 Å². The number of benzene rings is 1. The van der Waals surface area contributed by atoms with Crippen LogP contribution in [0.15, 0.2) is 35.1 Å². The average Bonchev–Trinajstić information content (AvgIpc) is 2.86. The molecule has 5 heteroatoms. The molecule has 2 heterocycles. The van der Waals surface area contributed by atoms with Crippen LogP contribution in [0.1, 0.15) is 0 Å². The highest BCUT2D eigenvalue weighted by Crippen LogP contribution is 2.31. The minimum absolute atomic E-state index is 0.311. The molecule has 0 aliphatic carbocycles. The normalized spacial score (nSPS) is 11.1. The standard InChI is InChI=1S/C11H8ClN3O/c12-9-5-14-10-2-1-6(3-7(9)10)8-4-15-16-11(8)13/h1-5,14H,13H2. The zero-order valence-electron chi connectivity index (χ0n) is 8.20. The third-order valence-electron chi connectivity index (χ3n) is 2.54. The lowest BCUT2D eigenvalue weighted by molar-refractivity contribution is 0.436. The van der Waals surface area contributed by atoms with Crippen molar-refractivity contribution in [1.82, 2.24) is 10.1 Å². The first-order chi connectivity index (χ1) is 7.75. The van der Waals surface area contributed by atoms with E-state index < -0.39 is 0 Å². The first kappa shape index (κ1) is 9.30. The van der Waals surface area contributed by atoms with E-state index in [0.717, 1.165) is 22.0 Å². The summed E-state index contributed by atoms with van der Waals surface area (Å²) >= 11 is 6.04. The fourth-order valence-electron chi connectivity index (χ4n) is 1.72. The van der Waals surface area contributed by atoms with E-state index in [4.69, 9.17) is 21.9 Å². The number of nitrogens with zero attached hydrogens (tertiary/aromatic N) is 1. The van der Waals surface area contributed by atoms with Gasteiger partial charge in [-0.3, -0.25) is 0 Å². The second kappa shape index (κ2) is 3.28. The third kappa shape index (κ3) is 1.27. The number of nitrogen functional groups attached to an aromatic ring is 1. The molecule has 80 valence electrons. The van der Waals surface area contributed by atoms with Crippen LogP contribution < -0.4 is 5.73 Å². The molecule has 1 aromatic carbocycles. The summed E-state index contributed by atoms with van der Waals surface area (Å²) in [5.41, 5.74) is 8.36. The van der Waals surface area contributed by atoms with Crippen LogP contribution in [0.4, 0.5) is 5.88 Å². The fraction of sp³-hybridized carbons (Fsp3) is 0. The lowest BCUT2D eigenvalue weighted by atomic mass is 10.1. The molecular weight excluding hydrogens is 226 g/mol. The van der Waals surface area contributed by atoms with Crippen LogP contribution in [-0.2, 0) is 0 Å². The van der Waals surface area contributed by atoms with Crippen molar-refractivity contribution >= 4 is 28.4 Å². The number of aromatic nitrogens is 2. The average molecular weight is 234 g/mol. The molecule has 3 N–H and O–H groups in total. The van der Waals surface area contributed by atoms with Gasteiger partial charge in [-0.25, -0.2) is 0 Å². The van der Waals surface area contributed by atoms with Gasteiger partial charge in [0.25, 0.3) is 0 Å². The number of anilines is 1. The van der Waals surface area contributed by atoms with Crippen molar-refractivity contribution in [2.75, 3.05) is 5.73 Å². The maximum Gasteiger partial charge on any atom is 0.229 e. The molecule has 0 saturated heterocycles. The smallest absolute Gasteiger partial charge is 0.229 e. The van der Waals surface area contributed by atoms with Crippen LogP contribution in [0.5, 0.6) is 0 Å². The van der Waals surface area contributed by atoms with Gasteiger partial charge >= 0.3 is 0 Å². The van der Waals surface area contributed by atoms with Crippen molar-refractivity contribution in [2.45, 2.75) is 0 Å². The lowest BCUT2D eigenvalue weighted by Crippen LogP contribution is -1.84. The van der Waals surface area contributed by atoms with Crippen LogP contribution in [0, 0.1) is 0 Å². The Labute approximate surface area is 96.0 Å². The number of rotatable bonds is 1. The van der Waals surface area contributed by atoms with E-state index in [-0.39, 0.29) is 0 Å². The van der Waals surface area contributed by atoms with Crippen molar-refractivity contribution in [3.63, 3.8) is 0 Å². The van der Waals surface area contributed by atoms with Crippen molar-refractivity contribution in [3.8, 4) is 11.1 Å². The molecule has 3 aromatic rings. The highest BCUT2D eigenvalue weighted by atomic mass is 35.5. The van der Waals surface area contributed by atoms with E-state index in [1.165, 1.54) is 0 Å². The molecule has 2 aromatic heterocycles. The summed E-state index contributed by atoms with van der Waals surface area (Å²) in [7, 11) is 0. The summed E-state index contributed by atoms with van der Waals surface area (Å²) in [6.45, 7) is 0. The predicted molar refractivity (Wildman–Crippen MR) is 63.2 cm³/mol. The number of aromatic amines is 1. The molecule has 0 aliphatic heterocycles. The molecule has 0 aliphatic rings. The summed E-state index contributed by atoms with van der Waals surface area (Å²) in [5, 5.41) is 5.29. The van der Waals surface area contributed by atoms with Crippen LogP contribution in [0.25, 0.3) is 22.0 Å². The Bertz CT molecular complexity index is 656. The van der Waals surface area contributed by atoms with E-state index in [2.05, 4.69) is 10.1 Å². The zero-order valence-corrected chi connectivity index (χ0v) is 8.95. The molecule has 0 saturated carbocycles. The van der Waals surface area contributed by atoms with Gasteiger partial charge in [-0.1, -0.05) is 22.8 Å². The quantitative estimate of drug-likeness (QED) is 0.679. The molecule has 0 bridgehead atoms. The molecule has 0 unspecified atom stereocenters. The summed E-state index contributed by atoms with van der Waals surface area (Å²) in [5.74, 6) is 0.311. The van der Waals surface area contributed by atoms with E-state index in [9.17, 15) is 0 Å². The zero-order chi connectivity index (χ0) is 11.1. The van der Waals surface area contributed by atoms with Crippen molar-refractivity contribution in [3.05, 3.63) is 35.6 Å². The number of nitrogens with one attached hydrogen (secondary N) is 1. The number of hydrogen-bond acceptors (Lipinski definition) is 3. The van der Waals surface area contributed by atoms with E-state index in [0.29, 0.717) is 10.9 Å². The van der Waals surface area contributed by atoms with Crippen molar-refractivity contribution in [2.24, 2.45) is 0 Å². The Kier molecular flexibility index (Phi) is 1.91. The van der Waals surface area contributed by atoms with Crippen LogP contribution >= 0.6 is 11.6 Å². The maximum absolute atomic E-state index is 6.04. The van der Waals surface area contributed by atoms with Crippen molar-refractivity contribution in [1.29, 1.82) is 0 Å².